The van der Waals surface area contributed by atoms with Crippen molar-refractivity contribution in [2.45, 2.75) is 13.8 Å². The minimum absolute atomic E-state index is 0.128. The number of aromatic nitrogens is 4. The maximum atomic E-state index is 13.1. The van der Waals surface area contributed by atoms with Crippen LogP contribution in [0.15, 0.2) is 60.8 Å². The number of benzene rings is 2. The summed E-state index contributed by atoms with van der Waals surface area (Å²) in [4.78, 5) is 35.3. The Labute approximate surface area is 206 Å². The second-order valence-electron chi connectivity index (χ2n) is 8.08. The summed E-state index contributed by atoms with van der Waals surface area (Å²) in [5, 5.41) is 5.09. The van der Waals surface area contributed by atoms with E-state index >= 15 is 0 Å². The first-order valence-electron chi connectivity index (χ1n) is 11.3. The number of methoxy groups -OCH3 is 1. The Morgan fingerprint density at radius 3 is 2.44 bits per heavy atom. The van der Waals surface area contributed by atoms with E-state index in [2.05, 4.69) is 15.1 Å². The van der Waals surface area contributed by atoms with Crippen molar-refractivity contribution in [2.24, 2.45) is 0 Å². The van der Waals surface area contributed by atoms with Gasteiger partial charge in [-0.2, -0.15) is 4.52 Å². The van der Waals surface area contributed by atoms with E-state index in [-0.39, 0.29) is 23.8 Å². The minimum atomic E-state index is -0.501. The number of hydrogen-bond donors (Lipinski definition) is 1. The van der Waals surface area contributed by atoms with E-state index < -0.39 is 5.97 Å². The molecular formula is C27H23N5O4. The normalized spacial score (nSPS) is 11.1. The van der Waals surface area contributed by atoms with Crippen LogP contribution in [0, 0.1) is 6.92 Å². The Bertz CT molecular complexity index is 1630. The molecule has 9 nitrogen and oxygen atoms in total. The molecular weight excluding hydrogens is 458 g/mol. The summed E-state index contributed by atoms with van der Waals surface area (Å²) < 4.78 is 12.0. The van der Waals surface area contributed by atoms with Gasteiger partial charge in [-0.3, -0.25) is 4.79 Å². The molecule has 0 radical (unpaired) electrons. The highest BCUT2D eigenvalue weighted by molar-refractivity contribution is 6.14. The zero-order valence-corrected chi connectivity index (χ0v) is 20.0. The number of nitrogens with zero attached hydrogens (tertiary/aromatic N) is 4. The van der Waals surface area contributed by atoms with Crippen LogP contribution in [0.4, 0.5) is 5.82 Å². The summed E-state index contributed by atoms with van der Waals surface area (Å²) in [5.74, 6) is 0.0276. The van der Waals surface area contributed by atoms with Crippen LogP contribution < -0.4 is 10.5 Å². The second kappa shape index (κ2) is 9.10. The molecule has 0 aliphatic carbocycles. The Morgan fingerprint density at radius 1 is 1.06 bits per heavy atom. The average molecular weight is 482 g/mol. The van der Waals surface area contributed by atoms with Gasteiger partial charge in [0.15, 0.2) is 17.1 Å². The van der Waals surface area contributed by atoms with Crippen LogP contribution in [0.25, 0.3) is 27.8 Å². The molecule has 5 aromatic rings. The fourth-order valence-corrected chi connectivity index (χ4v) is 4.23. The van der Waals surface area contributed by atoms with E-state index in [0.29, 0.717) is 44.8 Å². The van der Waals surface area contributed by atoms with Gasteiger partial charge < -0.3 is 15.2 Å². The maximum absolute atomic E-state index is 13.1. The first-order chi connectivity index (χ1) is 17.4. The highest BCUT2D eigenvalue weighted by atomic mass is 16.5. The fraction of sp³-hybridized carbons (Fsp3) is 0.148. The van der Waals surface area contributed by atoms with Gasteiger partial charge in [0.1, 0.15) is 11.6 Å². The largest absolute Gasteiger partial charge is 0.497 e. The van der Waals surface area contributed by atoms with Crippen molar-refractivity contribution in [3.8, 4) is 16.9 Å². The molecule has 0 saturated heterocycles. The van der Waals surface area contributed by atoms with Crippen molar-refractivity contribution in [2.75, 3.05) is 19.5 Å². The van der Waals surface area contributed by atoms with Gasteiger partial charge in [-0.25, -0.2) is 14.8 Å². The number of pyridine rings is 1. The number of nitrogen functional groups attached to an aromatic ring is 1. The van der Waals surface area contributed by atoms with Crippen molar-refractivity contribution in [1.82, 2.24) is 19.6 Å². The van der Waals surface area contributed by atoms with Crippen LogP contribution in [0.1, 0.15) is 38.9 Å². The molecule has 3 heterocycles. The summed E-state index contributed by atoms with van der Waals surface area (Å²) in [6.07, 6.45) is 1.43. The first kappa shape index (κ1) is 23.0. The van der Waals surface area contributed by atoms with Gasteiger partial charge in [0.05, 0.1) is 35.9 Å². The third kappa shape index (κ3) is 3.70. The molecule has 36 heavy (non-hydrogen) atoms. The molecule has 2 N–H and O–H groups in total. The number of carbonyl (C=O) groups excluding carboxylic acids is 2. The molecule has 0 amide bonds. The molecule has 0 bridgehead atoms. The third-order valence-electron chi connectivity index (χ3n) is 5.94. The van der Waals surface area contributed by atoms with Crippen molar-refractivity contribution in [3.63, 3.8) is 0 Å². The molecule has 180 valence electrons. The smallest absolute Gasteiger partial charge is 0.340 e. The maximum Gasteiger partial charge on any atom is 0.340 e. The SMILES string of the molecule is CCOC(=O)c1c(C)nc2nn3c(N)c(C(=O)c4ccccc4)cnc3c2c1-c1ccc(OC)cc1. The predicted molar refractivity (Wildman–Crippen MR) is 135 cm³/mol. The Balaban J connectivity index is 1.81. The zero-order valence-electron chi connectivity index (χ0n) is 20.0. The first-order valence-corrected chi connectivity index (χ1v) is 11.3. The Hall–Kier alpha value is -4.79. The molecule has 3 aromatic heterocycles. The highest BCUT2D eigenvalue weighted by Gasteiger charge is 2.27. The number of ketones is 1. The lowest BCUT2D eigenvalue weighted by atomic mass is 9.96. The molecule has 0 fully saturated rings. The zero-order chi connectivity index (χ0) is 25.4. The van der Waals surface area contributed by atoms with E-state index in [1.807, 2.05) is 18.2 Å². The number of anilines is 1. The highest BCUT2D eigenvalue weighted by Crippen LogP contribution is 2.37. The van der Waals surface area contributed by atoms with Crippen LogP contribution in [-0.4, -0.2) is 45.1 Å². The summed E-state index contributed by atoms with van der Waals surface area (Å²) in [6.45, 7) is 3.68. The molecule has 0 saturated carbocycles. The van der Waals surface area contributed by atoms with Crippen LogP contribution in [0.3, 0.4) is 0 Å². The Kier molecular flexibility index (Phi) is 5.81. The number of nitrogens with two attached hydrogens (primary N) is 1. The van der Waals surface area contributed by atoms with Gasteiger partial charge >= 0.3 is 5.97 Å². The van der Waals surface area contributed by atoms with Gasteiger partial charge in [0.25, 0.3) is 0 Å². The number of aryl methyl sites for hydroxylation is 1. The second-order valence-corrected chi connectivity index (χ2v) is 8.08. The van der Waals surface area contributed by atoms with E-state index in [4.69, 9.17) is 15.2 Å². The predicted octanol–water partition coefficient (Wildman–Crippen LogP) is 4.25. The van der Waals surface area contributed by atoms with E-state index in [9.17, 15) is 9.59 Å². The summed E-state index contributed by atoms with van der Waals surface area (Å²) in [5.41, 5.74) is 9.92. The molecule has 0 spiro atoms. The van der Waals surface area contributed by atoms with Gasteiger partial charge in [0.2, 0.25) is 0 Å². The molecule has 5 rings (SSSR count). The number of rotatable bonds is 6. The number of ether oxygens (including phenoxy) is 2. The topological polar surface area (TPSA) is 122 Å². The van der Waals surface area contributed by atoms with Crippen LogP contribution in [0.2, 0.25) is 0 Å². The molecule has 0 aliphatic heterocycles. The van der Waals surface area contributed by atoms with Crippen molar-refractivity contribution >= 4 is 34.3 Å². The summed E-state index contributed by atoms with van der Waals surface area (Å²) in [7, 11) is 1.58. The van der Waals surface area contributed by atoms with Crippen LogP contribution in [0.5, 0.6) is 5.75 Å². The van der Waals surface area contributed by atoms with Crippen molar-refractivity contribution in [1.29, 1.82) is 0 Å². The number of carbonyl (C=O) groups is 2. The number of esters is 1. The molecule has 0 atom stereocenters. The summed E-state index contributed by atoms with van der Waals surface area (Å²) in [6, 6.07) is 16.1. The molecule has 0 aliphatic rings. The monoisotopic (exact) mass is 481 g/mol. The van der Waals surface area contributed by atoms with E-state index in [0.717, 1.165) is 5.56 Å². The van der Waals surface area contributed by atoms with Crippen LogP contribution in [-0.2, 0) is 4.74 Å². The van der Waals surface area contributed by atoms with Gasteiger partial charge in [-0.05, 0) is 31.5 Å². The van der Waals surface area contributed by atoms with Crippen molar-refractivity contribution in [3.05, 3.63) is 83.2 Å². The van der Waals surface area contributed by atoms with Gasteiger partial charge in [-0.15, -0.1) is 5.10 Å². The van der Waals surface area contributed by atoms with E-state index in [1.165, 1.54) is 10.7 Å². The van der Waals surface area contributed by atoms with Gasteiger partial charge in [0, 0.05) is 17.3 Å². The lowest BCUT2D eigenvalue weighted by molar-refractivity contribution is 0.0526. The standard InChI is InChI=1S/C27H23N5O4/c1-4-36-27(34)20-15(2)30-25-22(21(20)16-10-12-18(35-3)13-11-16)26-29-14-19(24(28)32(26)31-25)23(33)17-8-6-5-7-9-17/h5-14H,4,28H2,1-3H3. The lowest BCUT2D eigenvalue weighted by Gasteiger charge is -2.13. The number of hydrogen-bond acceptors (Lipinski definition) is 8. The van der Waals surface area contributed by atoms with Crippen LogP contribution >= 0.6 is 0 Å². The van der Waals surface area contributed by atoms with Gasteiger partial charge in [-0.1, -0.05) is 42.5 Å². The minimum Gasteiger partial charge on any atom is -0.497 e. The number of fused-ring (bicyclic) bond motifs is 3. The molecule has 0 unspecified atom stereocenters. The summed E-state index contributed by atoms with van der Waals surface area (Å²) >= 11 is 0. The molecule has 2 aromatic carbocycles. The van der Waals surface area contributed by atoms with Crippen molar-refractivity contribution < 1.29 is 19.1 Å². The third-order valence-corrected chi connectivity index (χ3v) is 5.94. The molecule has 9 heteroatoms. The fourth-order valence-electron chi connectivity index (χ4n) is 4.23. The lowest BCUT2D eigenvalue weighted by Crippen LogP contribution is -2.11. The Morgan fingerprint density at radius 2 is 1.78 bits per heavy atom. The average Bonchev–Trinajstić information content (AvgIpc) is 3.27. The van der Waals surface area contributed by atoms with E-state index in [1.54, 1.807) is 57.4 Å². The quantitative estimate of drug-likeness (QED) is 0.282.